The second-order valence-electron chi connectivity index (χ2n) is 9.60. The lowest BCUT2D eigenvalue weighted by Crippen LogP contribution is -2.62. The van der Waals surface area contributed by atoms with Crippen molar-refractivity contribution in [1.82, 2.24) is 0 Å². The predicted molar refractivity (Wildman–Crippen MR) is 104 cm³/mol. The molecule has 6 heteroatoms. The standard InChI is InChI=1S/C21H31NO4.ClH/c1-19-7-5-13(23)9-12(19)3-4-14-15-6-8-21(26,17(25)11-22)20(15,2)10-16(24)18(14)19;/h9,14-16,18,24,26H,3-8,10-11,22H2,1-2H3;1H. The minimum absolute atomic E-state index is 0. The minimum atomic E-state index is -1.42. The maximum atomic E-state index is 12.5. The number of Topliss-reactive ketones (excluding diaryl/α,β-unsaturated/α-hetero) is 1. The van der Waals surface area contributed by atoms with Crippen molar-refractivity contribution in [3.05, 3.63) is 11.6 Å². The molecule has 7 atom stereocenters. The number of allylic oxidation sites excluding steroid dienone is 1. The van der Waals surface area contributed by atoms with Crippen LogP contribution in [-0.4, -0.2) is 40.0 Å². The Bertz CT molecular complexity index is 694. The number of carbonyl (C=O) groups excluding carboxylic acids is 2. The van der Waals surface area contributed by atoms with Crippen molar-refractivity contribution >= 4 is 24.0 Å². The minimum Gasteiger partial charge on any atom is -0.393 e. The third-order valence-corrected chi connectivity index (χ3v) is 8.70. The zero-order valence-electron chi connectivity index (χ0n) is 16.2. The third-order valence-electron chi connectivity index (χ3n) is 8.70. The first-order valence-corrected chi connectivity index (χ1v) is 10.0. The van der Waals surface area contributed by atoms with Gasteiger partial charge in [0, 0.05) is 11.8 Å². The summed E-state index contributed by atoms with van der Waals surface area (Å²) in [6.45, 7) is 4.03. The van der Waals surface area contributed by atoms with E-state index in [0.717, 1.165) is 25.7 Å². The highest BCUT2D eigenvalue weighted by Gasteiger charge is 2.68. The van der Waals surface area contributed by atoms with Crippen LogP contribution in [0.3, 0.4) is 0 Å². The molecule has 0 aliphatic heterocycles. The van der Waals surface area contributed by atoms with Crippen LogP contribution in [0.4, 0.5) is 0 Å². The Kier molecular flexibility index (Phi) is 5.17. The van der Waals surface area contributed by atoms with Crippen molar-refractivity contribution < 1.29 is 19.8 Å². The molecule has 0 heterocycles. The molecule has 7 unspecified atom stereocenters. The molecule has 3 fully saturated rings. The molecule has 0 aromatic rings. The van der Waals surface area contributed by atoms with E-state index in [2.05, 4.69) is 6.92 Å². The van der Waals surface area contributed by atoms with E-state index in [1.807, 2.05) is 13.0 Å². The molecule has 0 amide bonds. The highest BCUT2D eigenvalue weighted by atomic mass is 35.5. The van der Waals surface area contributed by atoms with Gasteiger partial charge < -0.3 is 15.9 Å². The number of hydrogen-bond acceptors (Lipinski definition) is 5. The summed E-state index contributed by atoms with van der Waals surface area (Å²) in [6, 6.07) is 0. The maximum absolute atomic E-state index is 12.5. The summed E-state index contributed by atoms with van der Waals surface area (Å²) < 4.78 is 0. The topological polar surface area (TPSA) is 101 Å². The van der Waals surface area contributed by atoms with Crippen LogP contribution in [0.5, 0.6) is 0 Å². The zero-order chi connectivity index (χ0) is 18.9. The van der Waals surface area contributed by atoms with Crippen LogP contribution >= 0.6 is 12.4 Å². The van der Waals surface area contributed by atoms with Gasteiger partial charge in [-0.15, -0.1) is 12.4 Å². The molecule has 152 valence electrons. The van der Waals surface area contributed by atoms with Crippen molar-refractivity contribution in [2.24, 2.45) is 34.3 Å². The Hall–Kier alpha value is -0.750. The van der Waals surface area contributed by atoms with E-state index in [0.29, 0.717) is 19.3 Å². The first kappa shape index (κ1) is 21.0. The fraction of sp³-hybridized carbons (Fsp3) is 0.810. The second-order valence-corrected chi connectivity index (χ2v) is 9.60. The number of aliphatic hydroxyl groups is 2. The normalized spacial score (nSPS) is 48.6. The van der Waals surface area contributed by atoms with Crippen molar-refractivity contribution in [2.75, 3.05) is 6.54 Å². The summed E-state index contributed by atoms with van der Waals surface area (Å²) in [5, 5.41) is 22.5. The van der Waals surface area contributed by atoms with Crippen LogP contribution in [0, 0.1) is 28.6 Å². The molecule has 4 N–H and O–H groups in total. The Morgan fingerprint density at radius 1 is 1.26 bits per heavy atom. The van der Waals surface area contributed by atoms with E-state index in [-0.39, 0.29) is 53.7 Å². The number of aliphatic hydroxyl groups excluding tert-OH is 1. The quantitative estimate of drug-likeness (QED) is 0.663. The van der Waals surface area contributed by atoms with Gasteiger partial charge >= 0.3 is 0 Å². The van der Waals surface area contributed by atoms with Gasteiger partial charge in [0.15, 0.2) is 11.6 Å². The van der Waals surface area contributed by atoms with Crippen LogP contribution in [0.2, 0.25) is 0 Å². The van der Waals surface area contributed by atoms with Crippen LogP contribution in [0.1, 0.15) is 58.8 Å². The SMILES string of the molecule is CC12CCC(=O)C=C1CCC1C2C(O)CC2(C)C1CCC2(O)C(=O)CN.Cl. The summed E-state index contributed by atoms with van der Waals surface area (Å²) in [4.78, 5) is 24.4. The molecular formula is C21H32ClNO4. The molecule has 4 rings (SSSR count). The fourth-order valence-corrected chi connectivity index (χ4v) is 7.32. The molecule has 0 aromatic heterocycles. The Balaban J connectivity index is 0.00000210. The van der Waals surface area contributed by atoms with Gasteiger partial charge in [0.1, 0.15) is 5.60 Å². The predicted octanol–water partition coefficient (Wildman–Crippen LogP) is 2.17. The molecule has 4 aliphatic rings. The zero-order valence-corrected chi connectivity index (χ0v) is 17.1. The molecule has 0 aromatic carbocycles. The van der Waals surface area contributed by atoms with E-state index >= 15 is 0 Å². The average Bonchev–Trinajstić information content (AvgIpc) is 2.86. The van der Waals surface area contributed by atoms with Gasteiger partial charge in [-0.3, -0.25) is 9.59 Å². The Morgan fingerprint density at radius 2 is 1.96 bits per heavy atom. The Morgan fingerprint density at radius 3 is 2.63 bits per heavy atom. The monoisotopic (exact) mass is 397 g/mol. The molecule has 0 saturated heterocycles. The number of fused-ring (bicyclic) bond motifs is 5. The van der Waals surface area contributed by atoms with Gasteiger partial charge in [0.25, 0.3) is 0 Å². The van der Waals surface area contributed by atoms with E-state index in [9.17, 15) is 19.8 Å². The molecule has 27 heavy (non-hydrogen) atoms. The van der Waals surface area contributed by atoms with Gasteiger partial charge in [0.05, 0.1) is 12.6 Å². The summed E-state index contributed by atoms with van der Waals surface area (Å²) in [5.74, 6) is 0.504. The van der Waals surface area contributed by atoms with Crippen molar-refractivity contribution in [3.8, 4) is 0 Å². The van der Waals surface area contributed by atoms with Crippen LogP contribution in [0.25, 0.3) is 0 Å². The number of rotatable bonds is 2. The van der Waals surface area contributed by atoms with Gasteiger partial charge in [0.2, 0.25) is 0 Å². The maximum Gasteiger partial charge on any atom is 0.178 e. The van der Waals surface area contributed by atoms with E-state index in [1.165, 1.54) is 5.57 Å². The number of halogens is 1. The number of carbonyl (C=O) groups is 2. The average molecular weight is 398 g/mol. The second kappa shape index (κ2) is 6.65. The summed E-state index contributed by atoms with van der Waals surface area (Å²) >= 11 is 0. The first-order chi connectivity index (χ1) is 12.2. The van der Waals surface area contributed by atoms with Crippen LogP contribution < -0.4 is 5.73 Å². The fourth-order valence-electron chi connectivity index (χ4n) is 7.32. The lowest BCUT2D eigenvalue weighted by atomic mass is 9.45. The van der Waals surface area contributed by atoms with Gasteiger partial charge in [-0.05, 0) is 67.8 Å². The molecule has 0 spiro atoms. The molecule has 0 radical (unpaired) electrons. The first-order valence-electron chi connectivity index (χ1n) is 10.0. The third kappa shape index (κ3) is 2.61. The van der Waals surface area contributed by atoms with E-state index in [1.54, 1.807) is 0 Å². The molecule has 0 bridgehead atoms. The van der Waals surface area contributed by atoms with Gasteiger partial charge in [-0.1, -0.05) is 19.4 Å². The van der Waals surface area contributed by atoms with Crippen LogP contribution in [-0.2, 0) is 9.59 Å². The van der Waals surface area contributed by atoms with E-state index < -0.39 is 17.1 Å². The molecule has 3 saturated carbocycles. The molecule has 5 nitrogen and oxygen atoms in total. The molecule has 4 aliphatic carbocycles. The Labute approximate surface area is 167 Å². The van der Waals surface area contributed by atoms with Crippen LogP contribution in [0.15, 0.2) is 11.6 Å². The van der Waals surface area contributed by atoms with Crippen molar-refractivity contribution in [2.45, 2.75) is 70.5 Å². The smallest absolute Gasteiger partial charge is 0.178 e. The van der Waals surface area contributed by atoms with Crippen molar-refractivity contribution in [3.63, 3.8) is 0 Å². The van der Waals surface area contributed by atoms with Crippen molar-refractivity contribution in [1.29, 1.82) is 0 Å². The number of ketones is 2. The van der Waals surface area contributed by atoms with Gasteiger partial charge in [-0.2, -0.15) is 0 Å². The molecular weight excluding hydrogens is 366 g/mol. The largest absolute Gasteiger partial charge is 0.393 e. The highest BCUT2D eigenvalue weighted by Crippen LogP contribution is 2.67. The lowest BCUT2D eigenvalue weighted by molar-refractivity contribution is -0.179. The summed E-state index contributed by atoms with van der Waals surface area (Å²) in [5.41, 5.74) is 4.61. The summed E-state index contributed by atoms with van der Waals surface area (Å²) in [7, 11) is 0. The highest BCUT2D eigenvalue weighted by molar-refractivity contribution is 5.92. The number of nitrogens with two attached hydrogens (primary N) is 1. The van der Waals surface area contributed by atoms with Gasteiger partial charge in [-0.25, -0.2) is 0 Å². The lowest BCUT2D eigenvalue weighted by Gasteiger charge is -2.60. The van der Waals surface area contributed by atoms with E-state index in [4.69, 9.17) is 5.73 Å². The summed E-state index contributed by atoms with van der Waals surface area (Å²) in [6.07, 6.45) is 6.08. The number of hydrogen-bond donors (Lipinski definition) is 3.